The highest BCUT2D eigenvalue weighted by atomic mass is 32.2. The Labute approximate surface area is 144 Å². The second kappa shape index (κ2) is 9.71. The lowest BCUT2D eigenvalue weighted by Gasteiger charge is -2.33. The molecule has 0 aliphatic carbocycles. The molecule has 2 unspecified atom stereocenters. The summed E-state index contributed by atoms with van der Waals surface area (Å²) in [5, 5.41) is 14.4. The molecular weight excluding hydrogens is 314 g/mol. The van der Waals surface area contributed by atoms with Crippen LogP contribution in [0.5, 0.6) is 0 Å². The van der Waals surface area contributed by atoms with Crippen LogP contribution in [0.25, 0.3) is 0 Å². The van der Waals surface area contributed by atoms with Gasteiger partial charge in [-0.15, -0.1) is 0 Å². The zero-order valence-corrected chi connectivity index (χ0v) is 15.5. The van der Waals surface area contributed by atoms with Crippen molar-refractivity contribution >= 4 is 23.5 Å². The highest BCUT2D eigenvalue weighted by Gasteiger charge is 2.27. The maximum absolute atomic E-state index is 6.63. The van der Waals surface area contributed by atoms with Gasteiger partial charge in [-0.05, 0) is 0 Å². The maximum Gasteiger partial charge on any atom is 0.0498 e. The molecule has 3 aliphatic heterocycles. The van der Waals surface area contributed by atoms with Crippen LogP contribution in [-0.2, 0) is 0 Å². The van der Waals surface area contributed by atoms with Crippen molar-refractivity contribution < 1.29 is 0 Å². The van der Waals surface area contributed by atoms with Gasteiger partial charge in [-0.3, -0.25) is 0 Å². The van der Waals surface area contributed by atoms with Crippen molar-refractivity contribution in [2.75, 3.05) is 75.4 Å². The summed E-state index contributed by atoms with van der Waals surface area (Å²) in [6, 6.07) is 0. The van der Waals surface area contributed by atoms with Gasteiger partial charge in [0.2, 0.25) is 0 Å². The topological polar surface area (TPSA) is 74.1 Å². The van der Waals surface area contributed by atoms with Gasteiger partial charge in [0.25, 0.3) is 0 Å². The van der Waals surface area contributed by atoms with Gasteiger partial charge >= 0.3 is 0 Å². The smallest absolute Gasteiger partial charge is 0.0498 e. The van der Waals surface area contributed by atoms with Gasteiger partial charge in [-0.1, -0.05) is 6.92 Å². The highest BCUT2D eigenvalue weighted by Crippen LogP contribution is 2.21. The molecule has 5 nitrogen and oxygen atoms in total. The van der Waals surface area contributed by atoms with E-state index in [-0.39, 0.29) is 5.54 Å². The van der Waals surface area contributed by atoms with Crippen molar-refractivity contribution in [1.29, 1.82) is 0 Å². The predicted octanol–water partition coefficient (Wildman–Crippen LogP) is -0.458. The van der Waals surface area contributed by atoms with Crippen molar-refractivity contribution in [1.82, 2.24) is 21.3 Å². The van der Waals surface area contributed by atoms with Crippen molar-refractivity contribution in [3.8, 4) is 0 Å². The predicted molar refractivity (Wildman–Crippen MR) is 101 cm³/mol. The summed E-state index contributed by atoms with van der Waals surface area (Å²) in [5.74, 6) is 4.50. The molecule has 0 radical (unpaired) electrons. The summed E-state index contributed by atoms with van der Waals surface area (Å²) in [5.41, 5.74) is 6.79. The fourth-order valence-electron chi connectivity index (χ4n) is 2.84. The summed E-state index contributed by atoms with van der Waals surface area (Å²) in [4.78, 5) is 0. The zero-order chi connectivity index (χ0) is 15.7. The molecule has 2 atom stereocenters. The zero-order valence-electron chi connectivity index (χ0n) is 13.9. The Morgan fingerprint density at radius 2 is 1.23 bits per heavy atom. The molecule has 0 aromatic carbocycles. The van der Waals surface area contributed by atoms with E-state index < -0.39 is 0 Å². The lowest BCUT2D eigenvalue weighted by molar-refractivity contribution is 0.328. The maximum atomic E-state index is 6.63. The molecule has 3 aliphatic rings. The summed E-state index contributed by atoms with van der Waals surface area (Å²) in [6.07, 6.45) is 0. The van der Waals surface area contributed by atoms with E-state index in [4.69, 9.17) is 5.73 Å². The third kappa shape index (κ3) is 6.95. The summed E-state index contributed by atoms with van der Waals surface area (Å²) in [6.45, 7) is 10.4. The molecule has 130 valence electrons. The minimum absolute atomic E-state index is 0.155. The van der Waals surface area contributed by atoms with E-state index in [1.165, 1.54) is 5.75 Å². The Morgan fingerprint density at radius 1 is 0.727 bits per heavy atom. The molecule has 0 saturated carbocycles. The molecule has 2 bridgehead atoms. The second-order valence-corrected chi connectivity index (χ2v) is 9.20. The van der Waals surface area contributed by atoms with Gasteiger partial charge in [-0.25, -0.2) is 0 Å². The quantitative estimate of drug-likeness (QED) is 0.406. The van der Waals surface area contributed by atoms with Crippen LogP contribution in [0.1, 0.15) is 6.92 Å². The molecule has 0 spiro atoms. The fourth-order valence-corrected chi connectivity index (χ4v) is 5.02. The van der Waals surface area contributed by atoms with E-state index in [0.29, 0.717) is 5.41 Å². The van der Waals surface area contributed by atoms with E-state index in [0.717, 1.165) is 69.6 Å². The Morgan fingerprint density at radius 3 is 1.91 bits per heavy atom. The van der Waals surface area contributed by atoms with E-state index in [1.54, 1.807) is 0 Å². The van der Waals surface area contributed by atoms with E-state index in [1.807, 2.05) is 11.8 Å². The molecule has 7 heteroatoms. The first-order valence-electron chi connectivity index (χ1n) is 8.39. The first kappa shape index (κ1) is 18.8. The average Bonchev–Trinajstić information content (AvgIpc) is 2.49. The van der Waals surface area contributed by atoms with Crippen molar-refractivity contribution in [2.24, 2.45) is 11.1 Å². The molecular formula is C15H33N5S2. The first-order chi connectivity index (χ1) is 10.6. The lowest BCUT2D eigenvalue weighted by atomic mass is 9.93. The second-order valence-electron chi connectivity index (χ2n) is 6.99. The van der Waals surface area contributed by atoms with Crippen molar-refractivity contribution in [3.05, 3.63) is 0 Å². The minimum Gasteiger partial charge on any atom is -0.322 e. The summed E-state index contributed by atoms with van der Waals surface area (Å²) < 4.78 is 0. The van der Waals surface area contributed by atoms with Crippen LogP contribution in [0.3, 0.4) is 0 Å². The molecule has 3 saturated heterocycles. The Hall–Kier alpha value is 0.500. The minimum atomic E-state index is -0.155. The molecule has 0 aromatic heterocycles. The molecule has 3 heterocycles. The number of nitrogens with two attached hydrogens (primary N) is 1. The van der Waals surface area contributed by atoms with E-state index >= 15 is 0 Å². The Balaban J connectivity index is 2.03. The van der Waals surface area contributed by atoms with Crippen LogP contribution in [0.4, 0.5) is 0 Å². The van der Waals surface area contributed by atoms with Gasteiger partial charge in [0.05, 0.1) is 0 Å². The van der Waals surface area contributed by atoms with Crippen molar-refractivity contribution in [3.63, 3.8) is 0 Å². The van der Waals surface area contributed by atoms with Gasteiger partial charge < -0.3 is 27.0 Å². The summed E-state index contributed by atoms with van der Waals surface area (Å²) in [7, 11) is 0. The molecule has 0 amide bonds. The largest absolute Gasteiger partial charge is 0.322 e. The number of fused-ring (bicyclic) bond motifs is 15. The number of hydrogen-bond donors (Lipinski definition) is 5. The van der Waals surface area contributed by atoms with E-state index in [2.05, 4.69) is 40.0 Å². The highest BCUT2D eigenvalue weighted by molar-refractivity contribution is 7.99. The van der Waals surface area contributed by atoms with Gasteiger partial charge in [0.15, 0.2) is 0 Å². The average molecular weight is 348 g/mol. The normalized spacial score (nSPS) is 37.4. The molecule has 22 heavy (non-hydrogen) atoms. The number of rotatable bonds is 0. The van der Waals surface area contributed by atoms with Crippen LogP contribution in [0.15, 0.2) is 0 Å². The van der Waals surface area contributed by atoms with Crippen LogP contribution in [0, 0.1) is 5.41 Å². The molecule has 6 N–H and O–H groups in total. The van der Waals surface area contributed by atoms with Gasteiger partial charge in [-0.2, -0.15) is 23.5 Å². The van der Waals surface area contributed by atoms with Gasteiger partial charge in [0.1, 0.15) is 0 Å². The third-order valence-electron chi connectivity index (χ3n) is 4.22. The molecule has 3 fully saturated rings. The molecule has 0 aromatic rings. The summed E-state index contributed by atoms with van der Waals surface area (Å²) >= 11 is 4.03. The number of hydrogen-bond acceptors (Lipinski definition) is 7. The lowest BCUT2D eigenvalue weighted by Crippen LogP contribution is -2.58. The van der Waals surface area contributed by atoms with Crippen LogP contribution < -0.4 is 27.0 Å². The number of thioether (sulfide) groups is 2. The van der Waals surface area contributed by atoms with Crippen molar-refractivity contribution in [2.45, 2.75) is 12.5 Å². The fraction of sp³-hybridized carbons (Fsp3) is 1.00. The monoisotopic (exact) mass is 347 g/mol. The van der Waals surface area contributed by atoms with Crippen LogP contribution in [0.2, 0.25) is 0 Å². The Bertz CT molecular complexity index is 243. The standard InChI is InChI=1S/C15H33N5S2/c1-14-8-17-2-3-18-10-15(16,11-20-5-6-21-12-14)13-22-7-4-19-9-14/h17-20H,2-13,16H2,1H3. The van der Waals surface area contributed by atoms with E-state index in [9.17, 15) is 0 Å². The number of nitrogens with one attached hydrogen (secondary N) is 4. The molecule has 3 rings (SSSR count). The first-order valence-corrected chi connectivity index (χ1v) is 10.7. The van der Waals surface area contributed by atoms with Gasteiger partial charge in [0, 0.05) is 86.3 Å². The van der Waals surface area contributed by atoms with Crippen LogP contribution >= 0.6 is 23.5 Å². The Kier molecular flexibility index (Phi) is 8.31. The SMILES string of the molecule is CC12CNCCNCC(N)(CNCCSC1)CSCCNC2. The third-order valence-corrected chi connectivity index (χ3v) is 6.89. The van der Waals surface area contributed by atoms with Crippen LogP contribution in [-0.4, -0.2) is 80.9 Å².